The number of carbonyl (C=O) groups excluding carboxylic acids is 1. The summed E-state index contributed by atoms with van der Waals surface area (Å²) >= 11 is 6.42. The molecule has 1 amide bonds. The molecule has 140 valence electrons. The maximum atomic E-state index is 12.8. The second-order valence-electron chi connectivity index (χ2n) is 6.38. The van der Waals surface area contributed by atoms with Crippen LogP contribution in [0.2, 0.25) is 5.15 Å². The van der Waals surface area contributed by atoms with Gasteiger partial charge in [0.15, 0.2) is 0 Å². The highest BCUT2D eigenvalue weighted by molar-refractivity contribution is 6.30. The molecule has 0 radical (unpaired) electrons. The average Bonchev–Trinajstić information content (AvgIpc) is 2.67. The van der Waals surface area contributed by atoms with Gasteiger partial charge in [-0.05, 0) is 43.2 Å². The smallest absolute Gasteiger partial charge is 0.274 e. The standard InChI is InChI=1S/C20H21ClN4O2/c1-13-8-15-10-16(19(21)24-17(15)9-14(13)2)12-25(6-7-27-3)20(26)18-11-22-4-5-23-18/h4-5,8-11H,6-7,12H2,1-3H3. The van der Waals surface area contributed by atoms with Crippen molar-refractivity contribution in [3.8, 4) is 0 Å². The molecule has 6 nitrogen and oxygen atoms in total. The second-order valence-corrected chi connectivity index (χ2v) is 6.74. The lowest BCUT2D eigenvalue weighted by Gasteiger charge is -2.22. The molecule has 0 spiro atoms. The van der Waals surface area contributed by atoms with E-state index >= 15 is 0 Å². The van der Waals surface area contributed by atoms with Crippen molar-refractivity contribution in [2.75, 3.05) is 20.3 Å². The molecular formula is C20H21ClN4O2. The summed E-state index contributed by atoms with van der Waals surface area (Å²) in [4.78, 5) is 27.1. The molecule has 0 aliphatic rings. The van der Waals surface area contributed by atoms with Crippen LogP contribution in [0.15, 0.2) is 36.8 Å². The van der Waals surface area contributed by atoms with Gasteiger partial charge in [0.2, 0.25) is 0 Å². The van der Waals surface area contributed by atoms with Gasteiger partial charge in [0.25, 0.3) is 5.91 Å². The molecule has 0 bridgehead atoms. The molecule has 3 aromatic rings. The number of methoxy groups -OCH3 is 1. The number of fused-ring (bicyclic) bond motifs is 1. The predicted octanol–water partition coefficient (Wildman–Crippen LogP) is 3.58. The molecule has 0 saturated carbocycles. The first-order valence-corrected chi connectivity index (χ1v) is 8.98. The number of hydrogen-bond acceptors (Lipinski definition) is 5. The first kappa shape index (κ1) is 19.2. The van der Waals surface area contributed by atoms with Gasteiger partial charge in [0, 0.05) is 43.5 Å². The summed E-state index contributed by atoms with van der Waals surface area (Å²) in [5, 5.41) is 1.39. The average molecular weight is 385 g/mol. The van der Waals surface area contributed by atoms with Crippen LogP contribution < -0.4 is 0 Å². The summed E-state index contributed by atoms with van der Waals surface area (Å²) in [6.07, 6.45) is 4.48. The number of rotatable bonds is 6. The van der Waals surface area contributed by atoms with E-state index in [0.29, 0.717) is 24.8 Å². The van der Waals surface area contributed by atoms with Gasteiger partial charge >= 0.3 is 0 Å². The van der Waals surface area contributed by atoms with Crippen LogP contribution in [0.5, 0.6) is 0 Å². The highest BCUT2D eigenvalue weighted by atomic mass is 35.5. The van der Waals surface area contributed by atoms with E-state index in [1.165, 1.54) is 29.7 Å². The van der Waals surface area contributed by atoms with E-state index < -0.39 is 0 Å². The molecule has 0 aliphatic heterocycles. The minimum absolute atomic E-state index is 0.226. The minimum Gasteiger partial charge on any atom is -0.383 e. The van der Waals surface area contributed by atoms with E-state index in [1.54, 1.807) is 12.0 Å². The van der Waals surface area contributed by atoms with Crippen LogP contribution in [-0.2, 0) is 11.3 Å². The lowest BCUT2D eigenvalue weighted by Crippen LogP contribution is -2.34. The van der Waals surface area contributed by atoms with Gasteiger partial charge in [-0.3, -0.25) is 9.78 Å². The second kappa shape index (κ2) is 8.41. The Morgan fingerprint density at radius 1 is 1.19 bits per heavy atom. The zero-order chi connectivity index (χ0) is 19.4. The summed E-state index contributed by atoms with van der Waals surface area (Å²) in [5.74, 6) is -0.226. The molecule has 2 heterocycles. The number of benzene rings is 1. The van der Waals surface area contributed by atoms with Crippen LogP contribution in [0.1, 0.15) is 27.2 Å². The summed E-state index contributed by atoms with van der Waals surface area (Å²) in [7, 11) is 1.60. The van der Waals surface area contributed by atoms with Crippen LogP contribution in [0, 0.1) is 13.8 Å². The SMILES string of the molecule is COCCN(Cc1cc2cc(C)c(C)cc2nc1Cl)C(=O)c1cnccn1. The van der Waals surface area contributed by atoms with Gasteiger partial charge < -0.3 is 9.64 Å². The van der Waals surface area contributed by atoms with E-state index in [2.05, 4.69) is 27.9 Å². The van der Waals surface area contributed by atoms with Crippen LogP contribution in [-0.4, -0.2) is 46.0 Å². The van der Waals surface area contributed by atoms with E-state index in [0.717, 1.165) is 16.5 Å². The Labute approximate surface area is 163 Å². The van der Waals surface area contributed by atoms with E-state index in [9.17, 15) is 4.79 Å². The zero-order valence-corrected chi connectivity index (χ0v) is 16.3. The lowest BCUT2D eigenvalue weighted by atomic mass is 10.0. The van der Waals surface area contributed by atoms with Gasteiger partial charge in [-0.25, -0.2) is 9.97 Å². The van der Waals surface area contributed by atoms with Crippen molar-refractivity contribution in [3.63, 3.8) is 0 Å². The molecule has 1 aromatic carbocycles. The third-order valence-electron chi connectivity index (χ3n) is 4.45. The monoisotopic (exact) mass is 384 g/mol. The van der Waals surface area contributed by atoms with Crippen molar-refractivity contribution in [1.82, 2.24) is 19.9 Å². The predicted molar refractivity (Wildman–Crippen MR) is 105 cm³/mol. The summed E-state index contributed by atoms with van der Waals surface area (Å²) in [6.45, 7) is 5.24. The third kappa shape index (κ3) is 4.40. The van der Waals surface area contributed by atoms with Crippen LogP contribution in [0.25, 0.3) is 10.9 Å². The Morgan fingerprint density at radius 2 is 1.96 bits per heavy atom. The number of nitrogens with zero attached hydrogens (tertiary/aromatic N) is 4. The molecule has 0 aliphatic carbocycles. The first-order chi connectivity index (χ1) is 13.0. The Morgan fingerprint density at radius 3 is 2.67 bits per heavy atom. The Bertz CT molecular complexity index is 963. The quantitative estimate of drug-likeness (QED) is 0.607. The number of pyridine rings is 1. The van der Waals surface area contributed by atoms with Gasteiger partial charge in [0.1, 0.15) is 10.8 Å². The lowest BCUT2D eigenvalue weighted by molar-refractivity contribution is 0.0674. The summed E-state index contributed by atoms with van der Waals surface area (Å²) < 4.78 is 5.15. The van der Waals surface area contributed by atoms with E-state index in [-0.39, 0.29) is 11.6 Å². The molecular weight excluding hydrogens is 364 g/mol. The molecule has 3 rings (SSSR count). The zero-order valence-electron chi connectivity index (χ0n) is 15.6. The normalized spacial score (nSPS) is 11.0. The number of amides is 1. The number of halogens is 1. The van der Waals surface area contributed by atoms with Crippen LogP contribution in [0.3, 0.4) is 0 Å². The van der Waals surface area contributed by atoms with Crippen molar-refractivity contribution in [3.05, 3.63) is 64.3 Å². The van der Waals surface area contributed by atoms with E-state index in [1.807, 2.05) is 19.1 Å². The fraction of sp³-hybridized carbons (Fsp3) is 0.300. The number of aromatic nitrogens is 3. The number of aryl methyl sites for hydroxylation is 2. The molecule has 0 saturated heterocycles. The maximum absolute atomic E-state index is 12.8. The van der Waals surface area contributed by atoms with Gasteiger partial charge in [-0.1, -0.05) is 11.6 Å². The largest absolute Gasteiger partial charge is 0.383 e. The fourth-order valence-corrected chi connectivity index (χ4v) is 3.01. The Kier molecular flexibility index (Phi) is 5.98. The third-order valence-corrected chi connectivity index (χ3v) is 4.78. The van der Waals surface area contributed by atoms with Crippen molar-refractivity contribution in [2.45, 2.75) is 20.4 Å². The molecule has 27 heavy (non-hydrogen) atoms. The van der Waals surface area contributed by atoms with Crippen LogP contribution >= 0.6 is 11.6 Å². The highest BCUT2D eigenvalue weighted by Gasteiger charge is 2.19. The Balaban J connectivity index is 1.94. The number of ether oxygens (including phenoxy) is 1. The highest BCUT2D eigenvalue weighted by Crippen LogP contribution is 2.25. The number of hydrogen-bond donors (Lipinski definition) is 0. The number of carbonyl (C=O) groups is 1. The molecule has 0 fully saturated rings. The first-order valence-electron chi connectivity index (χ1n) is 8.60. The van der Waals surface area contributed by atoms with Crippen molar-refractivity contribution < 1.29 is 9.53 Å². The van der Waals surface area contributed by atoms with Gasteiger partial charge in [-0.2, -0.15) is 0 Å². The molecule has 7 heteroatoms. The summed E-state index contributed by atoms with van der Waals surface area (Å²) in [6, 6.07) is 6.09. The van der Waals surface area contributed by atoms with E-state index in [4.69, 9.17) is 16.3 Å². The molecule has 0 unspecified atom stereocenters. The fourth-order valence-electron chi connectivity index (χ4n) is 2.80. The van der Waals surface area contributed by atoms with Crippen LogP contribution in [0.4, 0.5) is 0 Å². The van der Waals surface area contributed by atoms with Gasteiger partial charge in [-0.15, -0.1) is 0 Å². The molecule has 0 N–H and O–H groups in total. The Hall–Kier alpha value is -2.57. The van der Waals surface area contributed by atoms with Crippen molar-refractivity contribution in [1.29, 1.82) is 0 Å². The molecule has 2 aromatic heterocycles. The van der Waals surface area contributed by atoms with Gasteiger partial charge in [0.05, 0.1) is 18.3 Å². The topological polar surface area (TPSA) is 68.2 Å². The minimum atomic E-state index is -0.226. The summed E-state index contributed by atoms with van der Waals surface area (Å²) in [5.41, 5.74) is 4.25. The molecule has 0 atom stereocenters. The van der Waals surface area contributed by atoms with Crippen molar-refractivity contribution in [2.24, 2.45) is 0 Å². The maximum Gasteiger partial charge on any atom is 0.274 e. The van der Waals surface area contributed by atoms with Crippen molar-refractivity contribution >= 4 is 28.4 Å².